The minimum Gasteiger partial charge on any atom is -0.252 e. The summed E-state index contributed by atoms with van der Waals surface area (Å²) >= 11 is 0. The highest BCUT2D eigenvalue weighted by Gasteiger charge is 2.32. The van der Waals surface area contributed by atoms with E-state index in [1.165, 1.54) is 42.0 Å². The monoisotopic (exact) mass is 299 g/mol. The highest BCUT2D eigenvalue weighted by Crippen LogP contribution is 2.50. The zero-order valence-corrected chi connectivity index (χ0v) is 13.5. The summed E-state index contributed by atoms with van der Waals surface area (Å²) in [5, 5.41) is 2.55. The lowest BCUT2D eigenvalue weighted by Gasteiger charge is -2.38. The molecule has 3 aliphatic rings. The molecule has 0 aliphatic heterocycles. The molecule has 0 radical (unpaired) electrons. The Bertz CT molecular complexity index is 901. The van der Waals surface area contributed by atoms with Crippen molar-refractivity contribution < 1.29 is 0 Å². The van der Waals surface area contributed by atoms with E-state index in [2.05, 4.69) is 55.5 Å². The Labute approximate surface area is 137 Å². The molecule has 1 fully saturated rings. The quantitative estimate of drug-likeness (QED) is 0.540. The second-order valence-electron chi connectivity index (χ2n) is 7.23. The molecule has 6 rings (SSSR count). The Kier molecular flexibility index (Phi) is 2.85. The van der Waals surface area contributed by atoms with Gasteiger partial charge in [0.2, 0.25) is 0 Å². The van der Waals surface area contributed by atoms with Crippen LogP contribution in [0.1, 0.15) is 54.3 Å². The van der Waals surface area contributed by atoms with E-state index in [1.807, 2.05) is 0 Å². The fourth-order valence-corrected chi connectivity index (χ4v) is 4.72. The molecule has 0 saturated heterocycles. The first-order valence-electron chi connectivity index (χ1n) is 8.80. The first-order chi connectivity index (χ1) is 11.3. The van der Waals surface area contributed by atoms with Crippen LogP contribution in [0.15, 0.2) is 48.5 Å². The molecule has 2 aromatic carbocycles. The summed E-state index contributed by atoms with van der Waals surface area (Å²) in [6, 6.07) is 17.9. The summed E-state index contributed by atoms with van der Waals surface area (Å²) in [6.07, 6.45) is 5.54. The van der Waals surface area contributed by atoms with Crippen LogP contribution in [0, 0.1) is 6.92 Å². The Morgan fingerprint density at radius 3 is 2.39 bits per heavy atom. The Morgan fingerprint density at radius 1 is 0.826 bits per heavy atom. The fraction of sp³-hybridized carbons (Fsp3) is 0.318. The molecule has 0 unspecified atom stereocenters. The van der Waals surface area contributed by atoms with E-state index in [9.17, 15) is 0 Å². The van der Waals surface area contributed by atoms with Gasteiger partial charge < -0.3 is 0 Å². The Morgan fingerprint density at radius 2 is 1.57 bits per heavy atom. The maximum atomic E-state index is 4.88. The highest BCUT2D eigenvalue weighted by molar-refractivity contribution is 5.95. The summed E-state index contributed by atoms with van der Waals surface area (Å²) in [4.78, 5) is 4.88. The van der Waals surface area contributed by atoms with Crippen LogP contribution < -0.4 is 0 Å². The first kappa shape index (κ1) is 13.3. The number of rotatable bonds is 1. The lowest BCUT2D eigenvalue weighted by Crippen LogP contribution is -2.21. The summed E-state index contributed by atoms with van der Waals surface area (Å²) in [7, 11) is 0. The molecule has 23 heavy (non-hydrogen) atoms. The zero-order valence-electron chi connectivity index (χ0n) is 13.5. The second-order valence-corrected chi connectivity index (χ2v) is 7.23. The number of benzene rings is 2. The topological polar surface area (TPSA) is 12.9 Å². The third-order valence-electron chi connectivity index (χ3n) is 5.84. The van der Waals surface area contributed by atoms with Crippen molar-refractivity contribution in [3.63, 3.8) is 0 Å². The van der Waals surface area contributed by atoms with E-state index in [0.29, 0.717) is 0 Å². The Balaban J connectivity index is 1.73. The molecule has 114 valence electrons. The van der Waals surface area contributed by atoms with Gasteiger partial charge >= 0.3 is 0 Å². The van der Waals surface area contributed by atoms with Crippen LogP contribution in [-0.4, -0.2) is 4.98 Å². The van der Waals surface area contributed by atoms with Gasteiger partial charge in [0.1, 0.15) is 0 Å². The highest BCUT2D eigenvalue weighted by atomic mass is 14.7. The maximum Gasteiger partial charge on any atom is 0.0783 e. The third kappa shape index (κ3) is 2.03. The molecule has 3 aliphatic carbocycles. The normalized spacial score (nSPS) is 22.3. The molecule has 1 aromatic heterocycles. The molecule has 1 heterocycles. The molecule has 2 bridgehead atoms. The molecule has 1 saturated carbocycles. The first-order valence-corrected chi connectivity index (χ1v) is 8.80. The maximum absolute atomic E-state index is 4.88. The average Bonchev–Trinajstić information content (AvgIpc) is 2.61. The second kappa shape index (κ2) is 4.92. The fourth-order valence-electron chi connectivity index (χ4n) is 4.72. The van der Waals surface area contributed by atoms with Crippen molar-refractivity contribution in [1.29, 1.82) is 0 Å². The lowest BCUT2D eigenvalue weighted by molar-refractivity contribution is 0.359. The van der Waals surface area contributed by atoms with Gasteiger partial charge in [0.15, 0.2) is 0 Å². The minimum atomic E-state index is 0.783. The van der Waals surface area contributed by atoms with Gasteiger partial charge in [0.05, 0.1) is 5.69 Å². The standard InChI is InChI=1S/C22H21N/c1-14-12-17-4-2-3-5-20(17)22(23-14)18-10-11-19-15-6-8-16(9-7-15)21(19)13-18/h2-5,10-13,15-16H,6-9H2,1H3. The number of aromatic nitrogens is 1. The van der Waals surface area contributed by atoms with Gasteiger partial charge in [-0.3, -0.25) is 4.98 Å². The van der Waals surface area contributed by atoms with Crippen LogP contribution in [0.2, 0.25) is 0 Å². The molecular formula is C22H21N. The van der Waals surface area contributed by atoms with E-state index in [-0.39, 0.29) is 0 Å². The van der Waals surface area contributed by atoms with Crippen LogP contribution in [0.3, 0.4) is 0 Å². The van der Waals surface area contributed by atoms with Gasteiger partial charge in [-0.25, -0.2) is 0 Å². The molecule has 0 amide bonds. The van der Waals surface area contributed by atoms with Crippen LogP contribution in [-0.2, 0) is 0 Å². The number of hydrogen-bond acceptors (Lipinski definition) is 1. The number of aryl methyl sites for hydroxylation is 1. The van der Waals surface area contributed by atoms with Crippen molar-refractivity contribution in [1.82, 2.24) is 4.98 Å². The number of pyridine rings is 1. The molecular weight excluding hydrogens is 278 g/mol. The minimum absolute atomic E-state index is 0.783. The SMILES string of the molecule is Cc1cc2ccccc2c(-c2ccc3c(c2)C2CCC3CC2)n1. The molecule has 3 aromatic rings. The molecule has 1 nitrogen and oxygen atoms in total. The number of hydrogen-bond donors (Lipinski definition) is 0. The van der Waals surface area contributed by atoms with Gasteiger partial charge in [-0.15, -0.1) is 0 Å². The average molecular weight is 299 g/mol. The molecule has 0 atom stereocenters. The van der Waals surface area contributed by atoms with Crippen molar-refractivity contribution in [2.24, 2.45) is 0 Å². The zero-order chi connectivity index (χ0) is 15.4. The predicted molar refractivity (Wildman–Crippen MR) is 95.9 cm³/mol. The smallest absolute Gasteiger partial charge is 0.0783 e. The van der Waals surface area contributed by atoms with Crippen LogP contribution in [0.25, 0.3) is 22.0 Å². The number of nitrogens with zero attached hydrogens (tertiary/aromatic N) is 1. The summed E-state index contributed by atoms with van der Waals surface area (Å²) in [6.45, 7) is 2.09. The van der Waals surface area contributed by atoms with Gasteiger partial charge in [-0.1, -0.05) is 36.4 Å². The van der Waals surface area contributed by atoms with E-state index in [4.69, 9.17) is 4.98 Å². The Hall–Kier alpha value is -2.15. The van der Waals surface area contributed by atoms with E-state index < -0.39 is 0 Å². The van der Waals surface area contributed by atoms with E-state index in [1.54, 1.807) is 11.1 Å². The van der Waals surface area contributed by atoms with E-state index >= 15 is 0 Å². The third-order valence-corrected chi connectivity index (χ3v) is 5.84. The van der Waals surface area contributed by atoms with E-state index in [0.717, 1.165) is 23.2 Å². The summed E-state index contributed by atoms with van der Waals surface area (Å²) in [5.74, 6) is 1.59. The largest absolute Gasteiger partial charge is 0.252 e. The summed E-state index contributed by atoms with van der Waals surface area (Å²) in [5.41, 5.74) is 6.75. The van der Waals surface area contributed by atoms with Crippen molar-refractivity contribution in [2.45, 2.75) is 44.4 Å². The van der Waals surface area contributed by atoms with Crippen molar-refractivity contribution >= 4 is 10.8 Å². The lowest BCUT2D eigenvalue weighted by atomic mass is 9.67. The summed E-state index contributed by atoms with van der Waals surface area (Å²) < 4.78 is 0. The number of fused-ring (bicyclic) bond motifs is 3. The van der Waals surface area contributed by atoms with Gasteiger partial charge in [-0.05, 0) is 73.1 Å². The predicted octanol–water partition coefficient (Wildman–Crippen LogP) is 5.97. The van der Waals surface area contributed by atoms with Gasteiger partial charge in [-0.2, -0.15) is 0 Å². The van der Waals surface area contributed by atoms with Crippen molar-refractivity contribution in [3.8, 4) is 11.3 Å². The van der Waals surface area contributed by atoms with Crippen molar-refractivity contribution in [2.75, 3.05) is 0 Å². The van der Waals surface area contributed by atoms with Gasteiger partial charge in [0, 0.05) is 16.6 Å². The molecule has 1 heteroatoms. The van der Waals surface area contributed by atoms with Crippen LogP contribution >= 0.6 is 0 Å². The van der Waals surface area contributed by atoms with Crippen LogP contribution in [0.5, 0.6) is 0 Å². The van der Waals surface area contributed by atoms with Gasteiger partial charge in [0.25, 0.3) is 0 Å². The molecule has 0 N–H and O–H groups in total. The van der Waals surface area contributed by atoms with Crippen molar-refractivity contribution in [3.05, 3.63) is 65.4 Å². The van der Waals surface area contributed by atoms with Crippen LogP contribution in [0.4, 0.5) is 0 Å². The molecule has 0 spiro atoms.